The minimum absolute atomic E-state index is 0.165. The van der Waals surface area contributed by atoms with Crippen LogP contribution in [0.15, 0.2) is 97.0 Å². The maximum absolute atomic E-state index is 12.8. The summed E-state index contributed by atoms with van der Waals surface area (Å²) in [5.41, 5.74) is 6.86. The largest absolute Gasteiger partial charge is 0.368 e. The molecule has 2 aromatic carbocycles. The van der Waals surface area contributed by atoms with Crippen LogP contribution in [0.25, 0.3) is 11.1 Å². The predicted octanol–water partition coefficient (Wildman–Crippen LogP) is 6.38. The van der Waals surface area contributed by atoms with Gasteiger partial charge < -0.3 is 15.1 Å². The van der Waals surface area contributed by atoms with E-state index in [1.807, 2.05) is 48.5 Å². The lowest BCUT2D eigenvalue weighted by atomic mass is 10.1. The minimum Gasteiger partial charge on any atom is -0.368 e. The molecular formula is C30H34N4O. The number of nitrogens with one attached hydrogen (secondary N) is 1. The van der Waals surface area contributed by atoms with E-state index in [1.54, 1.807) is 12.4 Å². The molecule has 1 saturated heterocycles. The number of nitrogens with zero attached hydrogens (tertiary/aromatic N) is 3. The quantitative estimate of drug-likeness (QED) is 0.391. The molecule has 1 aliphatic heterocycles. The highest BCUT2D eigenvalue weighted by Gasteiger charge is 2.19. The first-order valence-electron chi connectivity index (χ1n) is 12.3. The summed E-state index contributed by atoms with van der Waals surface area (Å²) in [7, 11) is 0. The van der Waals surface area contributed by atoms with Crippen LogP contribution in [0.2, 0.25) is 0 Å². The van der Waals surface area contributed by atoms with Crippen LogP contribution in [0, 0.1) is 0 Å². The number of amides is 1. The van der Waals surface area contributed by atoms with E-state index >= 15 is 0 Å². The third kappa shape index (κ3) is 6.18. The van der Waals surface area contributed by atoms with Gasteiger partial charge in [0.2, 0.25) is 0 Å². The second kappa shape index (κ2) is 11.5. The Morgan fingerprint density at radius 2 is 1.71 bits per heavy atom. The van der Waals surface area contributed by atoms with E-state index in [-0.39, 0.29) is 5.91 Å². The Kier molecular flexibility index (Phi) is 7.99. The van der Waals surface area contributed by atoms with Gasteiger partial charge in [-0.15, -0.1) is 0 Å². The molecule has 35 heavy (non-hydrogen) atoms. The summed E-state index contributed by atoms with van der Waals surface area (Å²) in [6, 6.07) is 19.9. The molecule has 0 bridgehead atoms. The Morgan fingerprint density at radius 3 is 2.40 bits per heavy atom. The molecule has 0 radical (unpaired) electrons. The zero-order valence-electron chi connectivity index (χ0n) is 20.7. The third-order valence-electron chi connectivity index (χ3n) is 6.45. The molecule has 1 aliphatic rings. The lowest BCUT2D eigenvalue weighted by Gasteiger charge is -2.38. The summed E-state index contributed by atoms with van der Waals surface area (Å²) in [6.45, 7) is 12.5. The van der Waals surface area contributed by atoms with Crippen LogP contribution < -0.4 is 10.2 Å². The summed E-state index contributed by atoms with van der Waals surface area (Å²) < 4.78 is 0. The molecule has 0 unspecified atom stereocenters. The van der Waals surface area contributed by atoms with Gasteiger partial charge >= 0.3 is 0 Å². The minimum atomic E-state index is -0.165. The van der Waals surface area contributed by atoms with Crippen LogP contribution in [-0.4, -0.2) is 42.0 Å². The average Bonchev–Trinajstić information content (AvgIpc) is 2.92. The first kappa shape index (κ1) is 24.3. The third-order valence-corrected chi connectivity index (χ3v) is 6.45. The van der Waals surface area contributed by atoms with E-state index in [4.69, 9.17) is 0 Å². The van der Waals surface area contributed by atoms with Gasteiger partial charge in [0.15, 0.2) is 0 Å². The van der Waals surface area contributed by atoms with E-state index < -0.39 is 0 Å². The number of carbonyl (C=O) groups is 1. The van der Waals surface area contributed by atoms with Crippen molar-refractivity contribution in [3.05, 3.63) is 103 Å². The first-order valence-corrected chi connectivity index (χ1v) is 12.3. The van der Waals surface area contributed by atoms with Gasteiger partial charge in [0.1, 0.15) is 0 Å². The molecule has 1 N–H and O–H groups in total. The number of hydrogen-bond donors (Lipinski definition) is 1. The van der Waals surface area contributed by atoms with Crippen molar-refractivity contribution in [1.82, 2.24) is 9.88 Å². The number of anilines is 2. The van der Waals surface area contributed by atoms with Crippen molar-refractivity contribution >= 4 is 17.3 Å². The molecule has 2 heterocycles. The van der Waals surface area contributed by atoms with Gasteiger partial charge in [0.05, 0.1) is 5.56 Å². The lowest BCUT2D eigenvalue weighted by Crippen LogP contribution is -2.45. The molecule has 0 atom stereocenters. The van der Waals surface area contributed by atoms with Crippen LogP contribution in [-0.2, 0) is 0 Å². The van der Waals surface area contributed by atoms with Gasteiger partial charge in [-0.25, -0.2) is 0 Å². The SMILES string of the molecule is C=C(/C(C)=C/CCC)N1CCN(c2ccc(NC(=O)c3cncc(-c4ccccc4)c3)cc2)CC1. The maximum atomic E-state index is 12.8. The molecular weight excluding hydrogens is 432 g/mol. The van der Waals surface area contributed by atoms with Crippen LogP contribution in [0.1, 0.15) is 37.0 Å². The van der Waals surface area contributed by atoms with Crippen molar-refractivity contribution in [2.24, 2.45) is 0 Å². The fourth-order valence-electron chi connectivity index (χ4n) is 4.27. The first-order chi connectivity index (χ1) is 17.0. The number of allylic oxidation sites excluding steroid dienone is 2. The number of rotatable bonds is 8. The van der Waals surface area contributed by atoms with Crippen molar-refractivity contribution in [3.63, 3.8) is 0 Å². The van der Waals surface area contributed by atoms with Gasteiger partial charge in [-0.1, -0.05) is 56.3 Å². The number of benzene rings is 2. The van der Waals surface area contributed by atoms with Crippen LogP contribution in [0.4, 0.5) is 11.4 Å². The summed E-state index contributed by atoms with van der Waals surface area (Å²) in [4.78, 5) is 21.8. The number of unbranched alkanes of at least 4 members (excludes halogenated alkanes) is 1. The van der Waals surface area contributed by atoms with Crippen molar-refractivity contribution in [2.45, 2.75) is 26.7 Å². The number of carbonyl (C=O) groups excluding carboxylic acids is 1. The Balaban J connectivity index is 1.34. The molecule has 1 aromatic heterocycles. The van der Waals surface area contributed by atoms with Crippen molar-refractivity contribution < 1.29 is 4.79 Å². The van der Waals surface area contributed by atoms with Gasteiger partial charge in [0, 0.05) is 61.2 Å². The summed E-state index contributed by atoms with van der Waals surface area (Å²) in [5, 5.41) is 2.99. The molecule has 0 saturated carbocycles. The van der Waals surface area contributed by atoms with Gasteiger partial charge in [-0.2, -0.15) is 0 Å². The molecule has 5 nitrogen and oxygen atoms in total. The normalized spacial score (nSPS) is 14.1. The number of piperazine rings is 1. The Morgan fingerprint density at radius 1 is 1.00 bits per heavy atom. The molecule has 1 amide bonds. The molecule has 1 fully saturated rings. The van der Waals surface area contributed by atoms with E-state index in [9.17, 15) is 4.79 Å². The predicted molar refractivity (Wildman–Crippen MR) is 146 cm³/mol. The van der Waals surface area contributed by atoms with E-state index in [0.717, 1.165) is 61.5 Å². The molecule has 4 rings (SSSR count). The number of hydrogen-bond acceptors (Lipinski definition) is 4. The summed E-state index contributed by atoms with van der Waals surface area (Å²) >= 11 is 0. The fraction of sp³-hybridized carbons (Fsp3) is 0.267. The Labute approximate surface area is 208 Å². The van der Waals surface area contributed by atoms with Gasteiger partial charge in [-0.3, -0.25) is 9.78 Å². The van der Waals surface area contributed by atoms with Crippen molar-refractivity contribution in [1.29, 1.82) is 0 Å². The van der Waals surface area contributed by atoms with Crippen molar-refractivity contribution in [2.75, 3.05) is 36.4 Å². The lowest BCUT2D eigenvalue weighted by molar-refractivity contribution is 0.102. The number of pyridine rings is 1. The van der Waals surface area contributed by atoms with E-state index in [1.165, 1.54) is 11.3 Å². The highest BCUT2D eigenvalue weighted by molar-refractivity contribution is 6.04. The Hall–Kier alpha value is -3.86. The van der Waals surface area contributed by atoms with Crippen LogP contribution >= 0.6 is 0 Å². The highest BCUT2D eigenvalue weighted by Crippen LogP contribution is 2.23. The molecule has 3 aromatic rings. The zero-order chi connectivity index (χ0) is 24.6. The Bertz CT molecular complexity index is 1180. The number of aromatic nitrogens is 1. The maximum Gasteiger partial charge on any atom is 0.257 e. The van der Waals surface area contributed by atoms with Crippen molar-refractivity contribution in [3.8, 4) is 11.1 Å². The topological polar surface area (TPSA) is 48.5 Å². The zero-order valence-corrected chi connectivity index (χ0v) is 20.7. The molecule has 5 heteroatoms. The summed E-state index contributed by atoms with van der Waals surface area (Å²) in [6.07, 6.45) is 7.92. The molecule has 180 valence electrons. The fourth-order valence-corrected chi connectivity index (χ4v) is 4.27. The van der Waals surface area contributed by atoms with Crippen LogP contribution in [0.5, 0.6) is 0 Å². The highest BCUT2D eigenvalue weighted by atomic mass is 16.1. The average molecular weight is 467 g/mol. The van der Waals surface area contributed by atoms with E-state index in [0.29, 0.717) is 5.56 Å². The van der Waals surface area contributed by atoms with Gasteiger partial charge in [-0.05, 0) is 54.8 Å². The van der Waals surface area contributed by atoms with E-state index in [2.05, 4.69) is 58.7 Å². The second-order valence-corrected chi connectivity index (χ2v) is 8.93. The van der Waals surface area contributed by atoms with Crippen LogP contribution in [0.3, 0.4) is 0 Å². The standard InChI is InChI=1S/C30H34N4O/c1-4-5-9-23(2)24(3)33-16-18-34(19-17-33)29-14-12-28(13-15-29)32-30(35)27-20-26(21-31-22-27)25-10-7-6-8-11-25/h6-15,20-22H,3-5,16-19H2,1-2H3,(H,32,35)/b23-9+. The smallest absolute Gasteiger partial charge is 0.257 e. The van der Waals surface area contributed by atoms with Gasteiger partial charge in [0.25, 0.3) is 5.91 Å². The molecule has 0 aliphatic carbocycles. The summed E-state index contributed by atoms with van der Waals surface area (Å²) in [5.74, 6) is -0.165. The monoisotopic (exact) mass is 466 g/mol. The second-order valence-electron chi connectivity index (χ2n) is 8.93. The molecule has 0 spiro atoms.